The maximum absolute atomic E-state index is 11.8. The summed E-state index contributed by atoms with van der Waals surface area (Å²) >= 11 is 0. The van der Waals surface area contributed by atoms with Gasteiger partial charge in [-0.2, -0.15) is 0 Å². The number of aryl methyl sites for hydroxylation is 1. The molecule has 0 aromatic carbocycles. The summed E-state index contributed by atoms with van der Waals surface area (Å²) in [6.07, 6.45) is 2.63. The van der Waals surface area contributed by atoms with Crippen LogP contribution in [0.4, 0.5) is 0 Å². The van der Waals surface area contributed by atoms with E-state index in [0.29, 0.717) is 24.6 Å². The number of ether oxygens (including phenoxy) is 1. The summed E-state index contributed by atoms with van der Waals surface area (Å²) in [6.45, 7) is 3.19. The lowest BCUT2D eigenvalue weighted by Gasteiger charge is -2.11. The molecule has 0 fully saturated rings. The van der Waals surface area contributed by atoms with Crippen LogP contribution in [0.2, 0.25) is 0 Å². The predicted octanol–water partition coefficient (Wildman–Crippen LogP) is 1.11. The van der Waals surface area contributed by atoms with Crippen LogP contribution in [-0.2, 0) is 6.42 Å². The zero-order chi connectivity index (χ0) is 10.8. The van der Waals surface area contributed by atoms with Gasteiger partial charge in [-0.1, -0.05) is 6.92 Å². The molecule has 1 amide bonds. The van der Waals surface area contributed by atoms with Crippen LogP contribution >= 0.6 is 0 Å². The molecule has 1 aromatic heterocycles. The van der Waals surface area contributed by atoms with Crippen molar-refractivity contribution in [2.24, 2.45) is 0 Å². The van der Waals surface area contributed by atoms with E-state index < -0.39 is 0 Å². The maximum Gasteiger partial charge on any atom is 0.276 e. The van der Waals surface area contributed by atoms with E-state index in [-0.39, 0.29) is 5.91 Å². The second-order valence-corrected chi connectivity index (χ2v) is 3.62. The van der Waals surface area contributed by atoms with Crippen LogP contribution in [0, 0.1) is 0 Å². The SMILES string of the molecule is CCc1cnc2c(c1)OCCN(C)C2=O. The van der Waals surface area contributed by atoms with Gasteiger partial charge in [0.25, 0.3) is 5.91 Å². The zero-order valence-corrected chi connectivity index (χ0v) is 8.99. The Labute approximate surface area is 88.9 Å². The standard InChI is InChI=1S/C11H14N2O2/c1-3-8-6-9-10(12-7-8)11(14)13(2)4-5-15-9/h6-7H,3-5H2,1-2H3. The second kappa shape index (κ2) is 3.88. The summed E-state index contributed by atoms with van der Waals surface area (Å²) in [5.74, 6) is 0.550. The third-order valence-electron chi connectivity index (χ3n) is 2.55. The lowest BCUT2D eigenvalue weighted by Crippen LogP contribution is -2.28. The molecule has 0 spiro atoms. The van der Waals surface area contributed by atoms with Crippen LogP contribution in [0.25, 0.3) is 0 Å². The highest BCUT2D eigenvalue weighted by Crippen LogP contribution is 2.21. The number of nitrogens with zero attached hydrogens (tertiary/aromatic N) is 2. The van der Waals surface area contributed by atoms with Gasteiger partial charge in [-0.05, 0) is 18.1 Å². The van der Waals surface area contributed by atoms with Crippen LogP contribution in [0.3, 0.4) is 0 Å². The quantitative estimate of drug-likeness (QED) is 0.691. The van der Waals surface area contributed by atoms with Crippen molar-refractivity contribution >= 4 is 5.91 Å². The number of amides is 1. The second-order valence-electron chi connectivity index (χ2n) is 3.62. The number of likely N-dealkylation sites (N-methyl/N-ethyl adjacent to an activating group) is 1. The van der Waals surface area contributed by atoms with Crippen molar-refractivity contribution in [3.8, 4) is 5.75 Å². The summed E-state index contributed by atoms with van der Waals surface area (Å²) in [5, 5.41) is 0. The fraction of sp³-hybridized carbons (Fsp3) is 0.455. The Balaban J connectivity index is 2.44. The molecule has 1 aliphatic rings. The zero-order valence-electron chi connectivity index (χ0n) is 8.99. The molecule has 0 saturated heterocycles. The molecule has 2 heterocycles. The number of hydrogen-bond donors (Lipinski definition) is 0. The van der Waals surface area contributed by atoms with Gasteiger partial charge in [0.15, 0.2) is 11.4 Å². The highest BCUT2D eigenvalue weighted by atomic mass is 16.5. The molecule has 0 N–H and O–H groups in total. The molecule has 0 atom stereocenters. The van der Waals surface area contributed by atoms with Gasteiger partial charge in [-0.3, -0.25) is 4.79 Å². The summed E-state index contributed by atoms with van der Waals surface area (Å²) in [7, 11) is 1.76. The van der Waals surface area contributed by atoms with Gasteiger partial charge in [0, 0.05) is 13.2 Å². The minimum Gasteiger partial charge on any atom is -0.489 e. The number of aromatic nitrogens is 1. The Hall–Kier alpha value is -1.58. The predicted molar refractivity (Wildman–Crippen MR) is 56.1 cm³/mol. The van der Waals surface area contributed by atoms with Crippen LogP contribution in [-0.4, -0.2) is 36.0 Å². The van der Waals surface area contributed by atoms with Gasteiger partial charge in [-0.25, -0.2) is 4.98 Å². The fourth-order valence-electron chi connectivity index (χ4n) is 1.52. The van der Waals surface area contributed by atoms with Crippen molar-refractivity contribution in [1.82, 2.24) is 9.88 Å². The Morgan fingerprint density at radius 3 is 3.13 bits per heavy atom. The van der Waals surface area contributed by atoms with E-state index in [1.165, 1.54) is 0 Å². The summed E-state index contributed by atoms with van der Waals surface area (Å²) in [6, 6.07) is 1.90. The lowest BCUT2D eigenvalue weighted by atomic mass is 10.2. The van der Waals surface area contributed by atoms with Crippen molar-refractivity contribution in [1.29, 1.82) is 0 Å². The molecule has 15 heavy (non-hydrogen) atoms. The first-order valence-corrected chi connectivity index (χ1v) is 5.09. The Morgan fingerprint density at radius 1 is 1.60 bits per heavy atom. The molecule has 80 valence electrons. The molecular formula is C11H14N2O2. The number of fused-ring (bicyclic) bond motifs is 1. The molecule has 1 aromatic rings. The first-order valence-electron chi connectivity index (χ1n) is 5.09. The number of carbonyl (C=O) groups excluding carboxylic acids is 1. The highest BCUT2D eigenvalue weighted by molar-refractivity contribution is 5.95. The average Bonchev–Trinajstić information content (AvgIpc) is 2.40. The Morgan fingerprint density at radius 2 is 2.40 bits per heavy atom. The van der Waals surface area contributed by atoms with Crippen LogP contribution in [0.5, 0.6) is 5.75 Å². The molecule has 0 radical (unpaired) electrons. The van der Waals surface area contributed by atoms with Gasteiger partial charge in [0.2, 0.25) is 0 Å². The molecule has 4 heteroatoms. The normalized spacial score (nSPS) is 15.6. The third kappa shape index (κ3) is 1.79. The number of hydrogen-bond acceptors (Lipinski definition) is 3. The Bertz CT molecular complexity index is 390. The van der Waals surface area contributed by atoms with Gasteiger partial charge in [0.05, 0.1) is 6.54 Å². The molecule has 0 saturated carbocycles. The van der Waals surface area contributed by atoms with Gasteiger partial charge in [0.1, 0.15) is 6.61 Å². The van der Waals surface area contributed by atoms with Gasteiger partial charge < -0.3 is 9.64 Å². The molecule has 0 unspecified atom stereocenters. The van der Waals surface area contributed by atoms with Crippen molar-refractivity contribution in [2.75, 3.05) is 20.2 Å². The number of rotatable bonds is 1. The first kappa shape index (κ1) is 9.96. The molecule has 4 nitrogen and oxygen atoms in total. The third-order valence-corrected chi connectivity index (χ3v) is 2.55. The largest absolute Gasteiger partial charge is 0.489 e. The fourth-order valence-corrected chi connectivity index (χ4v) is 1.52. The molecule has 2 rings (SSSR count). The van der Waals surface area contributed by atoms with E-state index >= 15 is 0 Å². The van der Waals surface area contributed by atoms with Crippen molar-refractivity contribution in [2.45, 2.75) is 13.3 Å². The topological polar surface area (TPSA) is 42.4 Å². The van der Waals surface area contributed by atoms with E-state index in [0.717, 1.165) is 12.0 Å². The Kier molecular flexibility index (Phi) is 2.58. The van der Waals surface area contributed by atoms with E-state index in [1.807, 2.05) is 13.0 Å². The number of carbonyl (C=O) groups is 1. The van der Waals surface area contributed by atoms with E-state index in [4.69, 9.17) is 4.74 Å². The van der Waals surface area contributed by atoms with Crippen LogP contribution < -0.4 is 4.74 Å². The van der Waals surface area contributed by atoms with Crippen LogP contribution in [0.15, 0.2) is 12.3 Å². The number of pyridine rings is 1. The van der Waals surface area contributed by atoms with E-state index in [9.17, 15) is 4.79 Å². The molecule has 1 aliphatic heterocycles. The van der Waals surface area contributed by atoms with E-state index in [1.54, 1.807) is 18.1 Å². The monoisotopic (exact) mass is 206 g/mol. The van der Waals surface area contributed by atoms with Crippen molar-refractivity contribution < 1.29 is 9.53 Å². The highest BCUT2D eigenvalue weighted by Gasteiger charge is 2.22. The minimum atomic E-state index is -0.0647. The summed E-state index contributed by atoms with van der Waals surface area (Å²) in [4.78, 5) is 17.6. The van der Waals surface area contributed by atoms with Crippen molar-refractivity contribution in [3.05, 3.63) is 23.5 Å². The lowest BCUT2D eigenvalue weighted by molar-refractivity contribution is 0.0792. The van der Waals surface area contributed by atoms with E-state index in [2.05, 4.69) is 4.98 Å². The minimum absolute atomic E-state index is 0.0647. The molecular weight excluding hydrogens is 192 g/mol. The van der Waals surface area contributed by atoms with Gasteiger partial charge in [-0.15, -0.1) is 0 Å². The first-order chi connectivity index (χ1) is 7.22. The molecule has 0 aliphatic carbocycles. The van der Waals surface area contributed by atoms with Gasteiger partial charge >= 0.3 is 0 Å². The van der Waals surface area contributed by atoms with Crippen molar-refractivity contribution in [3.63, 3.8) is 0 Å². The van der Waals surface area contributed by atoms with Crippen LogP contribution in [0.1, 0.15) is 23.0 Å². The average molecular weight is 206 g/mol. The summed E-state index contributed by atoms with van der Waals surface area (Å²) in [5.41, 5.74) is 1.51. The smallest absolute Gasteiger partial charge is 0.276 e. The summed E-state index contributed by atoms with van der Waals surface area (Å²) < 4.78 is 5.51. The maximum atomic E-state index is 11.8. The molecule has 0 bridgehead atoms.